The molecule has 0 spiro atoms. The fourth-order valence-electron chi connectivity index (χ4n) is 1.93. The van der Waals surface area contributed by atoms with Crippen molar-refractivity contribution in [3.8, 4) is 12.3 Å². The van der Waals surface area contributed by atoms with Gasteiger partial charge in [-0.15, -0.1) is 13.0 Å². The first-order valence-electron chi connectivity index (χ1n) is 6.22. The van der Waals surface area contributed by atoms with Crippen LogP contribution < -0.4 is 4.90 Å². The molecular weight excluding hydrogens is 258 g/mol. The number of terminal acetylenes is 1. The SMILES string of the molecule is C#CC(C)(C)c1cc(N2C(=O)N(CC=C)CC2O)on1. The summed E-state index contributed by atoms with van der Waals surface area (Å²) in [5.74, 6) is 2.79. The zero-order valence-electron chi connectivity index (χ0n) is 11.5. The summed E-state index contributed by atoms with van der Waals surface area (Å²) in [6.45, 7) is 7.78. The standard InChI is InChI=1S/C14H17N3O3/c1-5-7-16-9-11(18)17(13(16)19)12-8-10(15-20-12)14(3,4)6-2/h2,5,8,11,18H,1,7,9H2,3-4H3. The summed E-state index contributed by atoms with van der Waals surface area (Å²) in [7, 11) is 0. The van der Waals surface area contributed by atoms with Gasteiger partial charge < -0.3 is 14.5 Å². The van der Waals surface area contributed by atoms with Crippen LogP contribution in [0.2, 0.25) is 0 Å². The maximum absolute atomic E-state index is 12.2. The molecule has 0 aliphatic carbocycles. The van der Waals surface area contributed by atoms with Crippen molar-refractivity contribution >= 4 is 11.9 Å². The summed E-state index contributed by atoms with van der Waals surface area (Å²) in [4.78, 5) is 14.8. The Morgan fingerprint density at radius 3 is 3.05 bits per heavy atom. The highest BCUT2D eigenvalue weighted by Crippen LogP contribution is 2.29. The van der Waals surface area contributed by atoms with Crippen LogP contribution in [-0.2, 0) is 5.41 Å². The van der Waals surface area contributed by atoms with Crippen molar-refractivity contribution < 1.29 is 14.4 Å². The number of nitrogens with zero attached hydrogens (tertiary/aromatic N) is 3. The quantitative estimate of drug-likeness (QED) is 0.665. The highest BCUT2D eigenvalue weighted by molar-refractivity contribution is 5.93. The molecule has 1 aromatic heterocycles. The number of hydrogen-bond acceptors (Lipinski definition) is 4. The van der Waals surface area contributed by atoms with Gasteiger partial charge in [0.15, 0.2) is 6.23 Å². The number of aromatic nitrogens is 1. The van der Waals surface area contributed by atoms with Crippen molar-refractivity contribution in [3.05, 3.63) is 24.4 Å². The lowest BCUT2D eigenvalue weighted by molar-refractivity contribution is 0.176. The summed E-state index contributed by atoms with van der Waals surface area (Å²) in [6.07, 6.45) is 6.06. The van der Waals surface area contributed by atoms with Crippen LogP contribution in [0.4, 0.5) is 10.7 Å². The molecule has 1 saturated heterocycles. The first-order chi connectivity index (χ1) is 9.40. The summed E-state index contributed by atoms with van der Waals surface area (Å²) in [5, 5.41) is 13.9. The first-order valence-corrected chi connectivity index (χ1v) is 6.22. The molecule has 1 aromatic rings. The monoisotopic (exact) mass is 275 g/mol. The number of anilines is 1. The van der Waals surface area contributed by atoms with Gasteiger partial charge in [-0.05, 0) is 13.8 Å². The van der Waals surface area contributed by atoms with Crippen LogP contribution >= 0.6 is 0 Å². The molecule has 1 unspecified atom stereocenters. The molecule has 0 bridgehead atoms. The molecule has 106 valence electrons. The second kappa shape index (κ2) is 5.02. The van der Waals surface area contributed by atoms with E-state index in [-0.39, 0.29) is 18.5 Å². The lowest BCUT2D eigenvalue weighted by Gasteiger charge is -2.15. The van der Waals surface area contributed by atoms with E-state index < -0.39 is 11.6 Å². The van der Waals surface area contributed by atoms with Gasteiger partial charge in [0, 0.05) is 12.6 Å². The third-order valence-electron chi connectivity index (χ3n) is 3.24. The number of β-amino-alcohol motifs (C(OH)–C–C–N with tert-alkyl or cyclic N) is 1. The molecule has 0 radical (unpaired) electrons. The Kier molecular flexibility index (Phi) is 3.55. The lowest BCUT2D eigenvalue weighted by Crippen LogP contribution is -2.34. The van der Waals surface area contributed by atoms with Crippen LogP contribution in [0.25, 0.3) is 0 Å². The van der Waals surface area contributed by atoms with Crippen molar-refractivity contribution in [1.29, 1.82) is 0 Å². The Labute approximate surface area is 117 Å². The van der Waals surface area contributed by atoms with Gasteiger partial charge in [-0.1, -0.05) is 17.2 Å². The van der Waals surface area contributed by atoms with Crippen molar-refractivity contribution in [1.82, 2.24) is 10.1 Å². The van der Waals surface area contributed by atoms with E-state index >= 15 is 0 Å². The summed E-state index contributed by atoms with van der Waals surface area (Å²) in [6, 6.07) is 1.23. The average Bonchev–Trinajstić information content (AvgIpc) is 2.97. The third kappa shape index (κ3) is 2.28. The van der Waals surface area contributed by atoms with E-state index in [2.05, 4.69) is 17.7 Å². The van der Waals surface area contributed by atoms with Gasteiger partial charge in [-0.25, -0.2) is 9.69 Å². The normalized spacial score (nSPS) is 19.3. The Morgan fingerprint density at radius 2 is 2.45 bits per heavy atom. The fraction of sp³-hybridized carbons (Fsp3) is 0.429. The number of rotatable bonds is 4. The average molecular weight is 275 g/mol. The minimum absolute atomic E-state index is 0.187. The van der Waals surface area contributed by atoms with Gasteiger partial charge in [-0.2, -0.15) is 0 Å². The van der Waals surface area contributed by atoms with Crippen molar-refractivity contribution in [2.24, 2.45) is 0 Å². The van der Waals surface area contributed by atoms with Crippen molar-refractivity contribution in [2.75, 3.05) is 18.0 Å². The molecule has 0 saturated carbocycles. The minimum atomic E-state index is -0.975. The molecule has 1 aliphatic rings. The number of urea groups is 1. The predicted molar refractivity (Wildman–Crippen MR) is 74.0 cm³/mol. The van der Waals surface area contributed by atoms with Gasteiger partial charge in [0.1, 0.15) is 5.69 Å². The number of carbonyl (C=O) groups is 1. The van der Waals surface area contributed by atoms with E-state index in [1.165, 1.54) is 4.90 Å². The number of aliphatic hydroxyl groups is 1. The smallest absolute Gasteiger partial charge is 0.329 e. The molecule has 2 rings (SSSR count). The Hall–Kier alpha value is -2.26. The fourth-order valence-corrected chi connectivity index (χ4v) is 1.93. The molecule has 20 heavy (non-hydrogen) atoms. The maximum Gasteiger partial charge on any atom is 0.329 e. The van der Waals surface area contributed by atoms with Crippen molar-refractivity contribution in [2.45, 2.75) is 25.5 Å². The van der Waals surface area contributed by atoms with E-state index in [1.807, 2.05) is 13.8 Å². The van der Waals surface area contributed by atoms with Crippen molar-refractivity contribution in [3.63, 3.8) is 0 Å². The van der Waals surface area contributed by atoms with Gasteiger partial charge in [-0.3, -0.25) is 0 Å². The van der Waals surface area contributed by atoms with Crippen LogP contribution in [-0.4, -0.2) is 40.5 Å². The number of hydrogen-bond donors (Lipinski definition) is 1. The molecule has 0 aromatic carbocycles. The highest BCUT2D eigenvalue weighted by atomic mass is 16.5. The van der Waals surface area contributed by atoms with E-state index in [1.54, 1.807) is 12.1 Å². The lowest BCUT2D eigenvalue weighted by atomic mass is 9.91. The van der Waals surface area contributed by atoms with E-state index in [4.69, 9.17) is 10.9 Å². The number of carbonyl (C=O) groups excluding carboxylic acids is 1. The van der Waals surface area contributed by atoms with E-state index in [0.717, 1.165) is 4.90 Å². The van der Waals surface area contributed by atoms with Gasteiger partial charge in [0.05, 0.1) is 12.0 Å². The Bertz CT molecular complexity index is 570. The van der Waals surface area contributed by atoms with Gasteiger partial charge in [0.2, 0.25) is 5.88 Å². The summed E-state index contributed by atoms with van der Waals surface area (Å²) in [5.41, 5.74) is -0.0619. The zero-order chi connectivity index (χ0) is 14.9. The summed E-state index contributed by atoms with van der Waals surface area (Å²) >= 11 is 0. The Balaban J connectivity index is 2.27. The topological polar surface area (TPSA) is 69.8 Å². The molecule has 1 N–H and O–H groups in total. The van der Waals surface area contributed by atoms with Crippen LogP contribution in [0.3, 0.4) is 0 Å². The van der Waals surface area contributed by atoms with Crippen LogP contribution in [0.15, 0.2) is 23.2 Å². The van der Waals surface area contributed by atoms with Crippen LogP contribution in [0, 0.1) is 12.3 Å². The molecule has 1 fully saturated rings. The van der Waals surface area contributed by atoms with Gasteiger partial charge in [0.25, 0.3) is 0 Å². The zero-order valence-corrected chi connectivity index (χ0v) is 11.5. The molecule has 2 heterocycles. The molecule has 1 aliphatic heterocycles. The summed E-state index contributed by atoms with van der Waals surface area (Å²) < 4.78 is 5.15. The predicted octanol–water partition coefficient (Wildman–Crippen LogP) is 1.33. The van der Waals surface area contributed by atoms with E-state index in [0.29, 0.717) is 12.2 Å². The third-order valence-corrected chi connectivity index (χ3v) is 3.24. The Morgan fingerprint density at radius 1 is 1.75 bits per heavy atom. The highest BCUT2D eigenvalue weighted by Gasteiger charge is 2.39. The second-order valence-corrected chi connectivity index (χ2v) is 5.15. The number of amides is 2. The van der Waals surface area contributed by atoms with Crippen LogP contribution in [0.1, 0.15) is 19.5 Å². The maximum atomic E-state index is 12.2. The minimum Gasteiger partial charge on any atom is -0.371 e. The molecule has 1 atom stereocenters. The molecule has 6 nitrogen and oxygen atoms in total. The second-order valence-electron chi connectivity index (χ2n) is 5.15. The van der Waals surface area contributed by atoms with E-state index in [9.17, 15) is 9.90 Å². The molecule has 6 heteroatoms. The molecular formula is C14H17N3O3. The number of aliphatic hydroxyl groups excluding tert-OH is 1. The van der Waals surface area contributed by atoms with Gasteiger partial charge >= 0.3 is 6.03 Å². The first kappa shape index (κ1) is 14.2. The molecule has 2 amide bonds. The largest absolute Gasteiger partial charge is 0.371 e. The van der Waals surface area contributed by atoms with Crippen LogP contribution in [0.5, 0.6) is 0 Å².